The van der Waals surface area contributed by atoms with Crippen molar-refractivity contribution < 1.29 is 8.94 Å². The van der Waals surface area contributed by atoms with Crippen LogP contribution >= 0.6 is 0 Å². The first-order chi connectivity index (χ1) is 7.45. The van der Waals surface area contributed by atoms with Crippen molar-refractivity contribution in [1.82, 2.24) is 20.1 Å². The lowest BCUT2D eigenvalue weighted by Gasteiger charge is -1.92. The number of rotatable bonds is 2. The highest BCUT2D eigenvalue weighted by Crippen LogP contribution is 2.27. The molecule has 0 aliphatic carbocycles. The van der Waals surface area contributed by atoms with E-state index in [1.54, 1.807) is 18.5 Å². The van der Waals surface area contributed by atoms with E-state index >= 15 is 0 Å². The zero-order chi connectivity index (χ0) is 10.1. The minimum absolute atomic E-state index is 0.550. The third kappa shape index (κ3) is 1.23. The molecule has 0 bridgehead atoms. The van der Waals surface area contributed by atoms with E-state index in [4.69, 9.17) is 8.94 Å². The van der Waals surface area contributed by atoms with Crippen LogP contribution in [0.1, 0.15) is 0 Å². The van der Waals surface area contributed by atoms with Gasteiger partial charge in [0.1, 0.15) is 17.7 Å². The minimum Gasteiger partial charge on any atom is -0.439 e. The van der Waals surface area contributed by atoms with Crippen molar-refractivity contribution in [2.45, 2.75) is 0 Å². The lowest BCUT2D eigenvalue weighted by molar-refractivity contribution is 0.422. The van der Waals surface area contributed by atoms with Crippen LogP contribution in [0.15, 0.2) is 40.1 Å². The van der Waals surface area contributed by atoms with Gasteiger partial charge in [-0.1, -0.05) is 5.16 Å². The molecule has 0 aliphatic heterocycles. The summed E-state index contributed by atoms with van der Waals surface area (Å²) in [5.74, 6) is 1.17. The zero-order valence-electron chi connectivity index (χ0n) is 7.54. The molecule has 0 atom stereocenters. The fourth-order valence-corrected chi connectivity index (χ4v) is 1.32. The molecule has 0 aromatic carbocycles. The molecule has 0 saturated carbocycles. The first-order valence-electron chi connectivity index (χ1n) is 4.29. The van der Waals surface area contributed by atoms with Crippen molar-refractivity contribution in [2.75, 3.05) is 0 Å². The second-order valence-electron chi connectivity index (χ2n) is 2.85. The molecule has 0 spiro atoms. The van der Waals surface area contributed by atoms with Gasteiger partial charge in [0.05, 0.1) is 0 Å². The van der Waals surface area contributed by atoms with Crippen molar-refractivity contribution >= 4 is 0 Å². The molecule has 15 heavy (non-hydrogen) atoms. The monoisotopic (exact) mass is 202 g/mol. The summed E-state index contributed by atoms with van der Waals surface area (Å²) < 4.78 is 9.99. The van der Waals surface area contributed by atoms with Crippen molar-refractivity contribution in [3.63, 3.8) is 0 Å². The Morgan fingerprint density at radius 1 is 1.27 bits per heavy atom. The van der Waals surface area contributed by atoms with Crippen LogP contribution in [0.3, 0.4) is 0 Å². The lowest BCUT2D eigenvalue weighted by atomic mass is 10.2. The van der Waals surface area contributed by atoms with Crippen molar-refractivity contribution in [1.29, 1.82) is 0 Å². The molecular weight excluding hydrogens is 196 g/mol. The van der Waals surface area contributed by atoms with Crippen LogP contribution in [-0.4, -0.2) is 20.1 Å². The molecule has 0 unspecified atom stereocenters. The molecule has 0 aliphatic rings. The van der Waals surface area contributed by atoms with E-state index in [2.05, 4.69) is 20.1 Å². The third-order valence-corrected chi connectivity index (χ3v) is 1.96. The Bertz CT molecular complexity index is 490. The number of imidazole rings is 1. The first kappa shape index (κ1) is 7.98. The average Bonchev–Trinajstić information content (AvgIpc) is 3.01. The van der Waals surface area contributed by atoms with Gasteiger partial charge in [0.2, 0.25) is 0 Å². The van der Waals surface area contributed by atoms with E-state index in [1.807, 2.05) is 0 Å². The minimum atomic E-state index is 0.550. The van der Waals surface area contributed by atoms with Crippen LogP contribution in [-0.2, 0) is 0 Å². The molecule has 6 nitrogen and oxygen atoms in total. The number of oxazole rings is 1. The predicted octanol–water partition coefficient (Wildman–Crippen LogP) is 1.72. The molecule has 1 N–H and O–H groups in total. The molecule has 3 rings (SSSR count). The summed E-state index contributed by atoms with van der Waals surface area (Å²) in [6.45, 7) is 0. The average molecular weight is 202 g/mol. The highest BCUT2D eigenvalue weighted by atomic mass is 16.5. The van der Waals surface area contributed by atoms with Gasteiger partial charge >= 0.3 is 0 Å². The Hall–Kier alpha value is -2.37. The lowest BCUT2D eigenvalue weighted by Crippen LogP contribution is -1.83. The van der Waals surface area contributed by atoms with Crippen LogP contribution in [0.25, 0.3) is 23.0 Å². The van der Waals surface area contributed by atoms with E-state index in [-0.39, 0.29) is 0 Å². The number of nitrogens with zero attached hydrogens (tertiary/aromatic N) is 3. The van der Waals surface area contributed by atoms with Crippen LogP contribution < -0.4 is 0 Å². The maximum absolute atomic E-state index is 5.25. The van der Waals surface area contributed by atoms with Gasteiger partial charge in [-0.25, -0.2) is 9.97 Å². The molecule has 3 aromatic rings. The van der Waals surface area contributed by atoms with Gasteiger partial charge in [0, 0.05) is 18.5 Å². The molecule has 74 valence electrons. The van der Waals surface area contributed by atoms with Gasteiger partial charge in [-0.05, 0) is 0 Å². The Balaban J connectivity index is 2.15. The van der Waals surface area contributed by atoms with E-state index in [0.29, 0.717) is 23.0 Å². The fraction of sp³-hybridized carbons (Fsp3) is 0. The van der Waals surface area contributed by atoms with Crippen molar-refractivity contribution in [3.05, 3.63) is 31.1 Å². The Morgan fingerprint density at radius 3 is 3.00 bits per heavy atom. The first-order valence-corrected chi connectivity index (χ1v) is 4.29. The van der Waals surface area contributed by atoms with Gasteiger partial charge < -0.3 is 13.9 Å². The largest absolute Gasteiger partial charge is 0.439 e. The van der Waals surface area contributed by atoms with Gasteiger partial charge in [0.15, 0.2) is 18.0 Å². The number of hydrogen-bond donors (Lipinski definition) is 1. The van der Waals surface area contributed by atoms with E-state index in [9.17, 15) is 0 Å². The van der Waals surface area contributed by atoms with Crippen LogP contribution in [0, 0.1) is 0 Å². The summed E-state index contributed by atoms with van der Waals surface area (Å²) in [6, 6.07) is 1.71. The maximum Gasteiger partial charge on any atom is 0.199 e. The maximum atomic E-state index is 5.25. The second kappa shape index (κ2) is 3.09. The number of aromatic nitrogens is 4. The molecule has 6 heteroatoms. The molecular formula is C9H6N4O2. The van der Waals surface area contributed by atoms with Gasteiger partial charge in [-0.15, -0.1) is 0 Å². The van der Waals surface area contributed by atoms with E-state index in [1.165, 1.54) is 12.7 Å². The Kier molecular flexibility index (Phi) is 1.64. The summed E-state index contributed by atoms with van der Waals surface area (Å²) in [5, 5.41) is 3.79. The summed E-state index contributed by atoms with van der Waals surface area (Å²) in [5.41, 5.74) is 1.23. The third-order valence-electron chi connectivity index (χ3n) is 1.96. The highest BCUT2D eigenvalue weighted by Gasteiger charge is 2.16. The molecule has 3 aromatic heterocycles. The zero-order valence-corrected chi connectivity index (χ0v) is 7.54. The molecule has 0 radical (unpaired) electrons. The molecule has 0 saturated heterocycles. The van der Waals surface area contributed by atoms with Gasteiger partial charge in [-0.3, -0.25) is 0 Å². The number of hydrogen-bond acceptors (Lipinski definition) is 5. The van der Waals surface area contributed by atoms with Gasteiger partial charge in [-0.2, -0.15) is 0 Å². The smallest absolute Gasteiger partial charge is 0.199 e. The highest BCUT2D eigenvalue weighted by molar-refractivity contribution is 5.70. The van der Waals surface area contributed by atoms with Crippen LogP contribution in [0.5, 0.6) is 0 Å². The SMILES string of the molecule is c1c[nH]c(-c2ocnc2-c2ccon2)n1. The molecule has 0 fully saturated rings. The fourth-order valence-electron chi connectivity index (χ4n) is 1.32. The molecule has 0 amide bonds. The molecule has 3 heterocycles. The Morgan fingerprint density at radius 2 is 2.27 bits per heavy atom. The summed E-state index contributed by atoms with van der Waals surface area (Å²) in [4.78, 5) is 11.1. The Labute approximate surface area is 84.0 Å². The van der Waals surface area contributed by atoms with Gasteiger partial charge in [0.25, 0.3) is 0 Å². The van der Waals surface area contributed by atoms with Crippen LogP contribution in [0.4, 0.5) is 0 Å². The topological polar surface area (TPSA) is 80.7 Å². The summed E-state index contributed by atoms with van der Waals surface area (Å²) >= 11 is 0. The van der Waals surface area contributed by atoms with E-state index in [0.717, 1.165) is 0 Å². The second-order valence-corrected chi connectivity index (χ2v) is 2.85. The van der Waals surface area contributed by atoms with E-state index < -0.39 is 0 Å². The quantitative estimate of drug-likeness (QED) is 0.684. The number of nitrogens with one attached hydrogen (secondary N) is 1. The van der Waals surface area contributed by atoms with Crippen molar-refractivity contribution in [3.8, 4) is 23.0 Å². The summed E-state index contributed by atoms with van der Waals surface area (Å²) in [6.07, 6.45) is 6.19. The summed E-state index contributed by atoms with van der Waals surface area (Å²) in [7, 11) is 0. The number of aromatic amines is 1. The van der Waals surface area contributed by atoms with Crippen molar-refractivity contribution in [2.24, 2.45) is 0 Å². The number of H-pyrrole nitrogens is 1. The standard InChI is InChI=1S/C9H6N4O2/c1-4-15-13-6(1)7-8(14-5-12-7)9-10-2-3-11-9/h1-5H,(H,10,11). The van der Waals surface area contributed by atoms with Crippen LogP contribution in [0.2, 0.25) is 0 Å². The predicted molar refractivity (Wildman–Crippen MR) is 49.6 cm³/mol. The normalized spacial score (nSPS) is 10.7.